The number of hydrogen-bond donors (Lipinski definition) is 1. The van der Waals surface area contributed by atoms with E-state index in [9.17, 15) is 0 Å². The van der Waals surface area contributed by atoms with E-state index in [1.54, 1.807) is 0 Å². The summed E-state index contributed by atoms with van der Waals surface area (Å²) in [5.74, 6) is 0. The van der Waals surface area contributed by atoms with Crippen LogP contribution in [0.15, 0.2) is 30.6 Å². The van der Waals surface area contributed by atoms with Crippen LogP contribution in [0.3, 0.4) is 0 Å². The zero-order valence-electron chi connectivity index (χ0n) is 7.94. The van der Waals surface area contributed by atoms with Gasteiger partial charge in [-0.25, -0.2) is 13.0 Å². The molecule has 1 rings (SSSR count). The second-order valence-corrected chi connectivity index (χ2v) is 2.99. The van der Waals surface area contributed by atoms with Gasteiger partial charge in [0.05, 0.1) is 0 Å². The third-order valence-electron chi connectivity index (χ3n) is 1.14. The first-order chi connectivity index (χ1) is 6.93. The Kier molecular flexibility index (Phi) is 10.5. The van der Waals surface area contributed by atoms with Gasteiger partial charge in [-0.05, 0) is 6.92 Å². The maximum Gasteiger partial charge on any atom is 0.215 e. The molecule has 0 aliphatic carbocycles. The van der Waals surface area contributed by atoms with Crippen molar-refractivity contribution in [2.75, 3.05) is 0 Å². The Morgan fingerprint density at radius 3 is 1.80 bits per heavy atom. The molecule has 0 aliphatic rings. The van der Waals surface area contributed by atoms with Gasteiger partial charge in [-0.15, -0.1) is 0 Å². The predicted octanol–water partition coefficient (Wildman–Crippen LogP) is -0.338. The molecule has 0 atom stereocenters. The molecule has 1 N–H and O–H groups in total. The molecule has 0 aromatic carbocycles. The van der Waals surface area contributed by atoms with E-state index in [-0.39, 0.29) is 0 Å². The van der Waals surface area contributed by atoms with Crippen LogP contribution in [0.4, 0.5) is 0 Å². The van der Waals surface area contributed by atoms with Gasteiger partial charge < -0.3 is 4.55 Å². The molecule has 0 bridgehead atoms. The molecule has 0 fully saturated rings. The van der Waals surface area contributed by atoms with E-state index in [0.29, 0.717) is 0 Å². The van der Waals surface area contributed by atoms with Crippen molar-refractivity contribution in [3.8, 4) is 0 Å². The smallest absolute Gasteiger partial charge is 0.215 e. The number of rotatable bonds is 1. The van der Waals surface area contributed by atoms with E-state index in [1.807, 2.05) is 18.2 Å². The molecule has 0 spiro atoms. The molecule has 6 nitrogen and oxygen atoms in total. The average Bonchev–Trinajstić information content (AvgIpc) is 2.20. The number of aryl methyl sites for hydroxylation is 1. The van der Waals surface area contributed by atoms with E-state index >= 15 is 0 Å². The van der Waals surface area contributed by atoms with Gasteiger partial charge in [-0.1, -0.05) is 6.07 Å². The Hall–Kier alpha value is -0.960. The number of aromatic nitrogens is 1. The van der Waals surface area contributed by atoms with Crippen LogP contribution in [0.5, 0.6) is 0 Å². The van der Waals surface area contributed by atoms with Crippen LogP contribution >= 0.6 is 0 Å². The third-order valence-corrected chi connectivity index (χ3v) is 1.14. The highest BCUT2D eigenvalue weighted by Crippen LogP contribution is 1.74. The van der Waals surface area contributed by atoms with Crippen molar-refractivity contribution < 1.29 is 26.3 Å². The fraction of sp³-hybridized carbons (Fsp3) is 0.286. The standard InChI is InChI=1S/C7H10N.H2O4S.OS/c1-2-8-6-4-3-5-7-8;1-5(2,3)4;1-2/h3-7H,2H2,1H3;(H2,1,2,3,4);/q+1;;/p-1. The van der Waals surface area contributed by atoms with Crippen LogP contribution in [-0.4, -0.2) is 21.7 Å². The summed E-state index contributed by atoms with van der Waals surface area (Å²) in [5.41, 5.74) is 0. The van der Waals surface area contributed by atoms with Crippen molar-refractivity contribution in [1.29, 1.82) is 0 Å². The number of pyridine rings is 1. The van der Waals surface area contributed by atoms with Crippen molar-refractivity contribution in [1.82, 2.24) is 0 Å². The van der Waals surface area contributed by atoms with Crippen LogP contribution in [0.1, 0.15) is 6.92 Å². The van der Waals surface area contributed by atoms with Crippen molar-refractivity contribution in [2.24, 2.45) is 0 Å². The zero-order chi connectivity index (χ0) is 12.3. The first-order valence-corrected chi connectivity index (χ1v) is 5.42. The second kappa shape index (κ2) is 9.59. The molecule has 0 saturated heterocycles. The zero-order valence-corrected chi connectivity index (χ0v) is 9.57. The van der Waals surface area contributed by atoms with Crippen molar-refractivity contribution in [3.63, 3.8) is 0 Å². The molecule has 86 valence electrons. The Balaban J connectivity index is 0. The van der Waals surface area contributed by atoms with Gasteiger partial charge >= 0.3 is 0 Å². The van der Waals surface area contributed by atoms with Gasteiger partial charge in [-0.3, -0.25) is 4.55 Å². The molecule has 1 heterocycles. The third kappa shape index (κ3) is 19.4. The second-order valence-electron chi connectivity index (χ2n) is 2.13. The lowest BCUT2D eigenvalue weighted by Crippen LogP contribution is -2.30. The highest BCUT2D eigenvalue weighted by Gasteiger charge is 1.86. The normalized spacial score (nSPS) is 9.00. The minimum absolute atomic E-state index is 1.06. The Bertz CT molecular complexity index is 332. The molecular formula is C7H11NO5S2. The van der Waals surface area contributed by atoms with Crippen LogP contribution in [0.25, 0.3) is 0 Å². The fourth-order valence-electron chi connectivity index (χ4n) is 0.645. The number of nitrogens with zero attached hydrogens (tertiary/aromatic N) is 1. The summed E-state index contributed by atoms with van der Waals surface area (Å²) in [5, 5.41) is 0. The molecule has 0 unspecified atom stereocenters. The average molecular weight is 253 g/mol. The predicted molar refractivity (Wildman–Crippen MR) is 52.8 cm³/mol. The lowest BCUT2D eigenvalue weighted by Gasteiger charge is -1.88. The summed E-state index contributed by atoms with van der Waals surface area (Å²) in [6.45, 7) is 3.18. The highest BCUT2D eigenvalue weighted by molar-refractivity contribution is 7.79. The topological polar surface area (TPSA) is 98.4 Å². The lowest BCUT2D eigenvalue weighted by molar-refractivity contribution is -0.693. The highest BCUT2D eigenvalue weighted by atomic mass is 32.3. The summed E-state index contributed by atoms with van der Waals surface area (Å²) in [7, 11) is -4.92. The molecule has 1 aromatic heterocycles. The molecule has 0 saturated carbocycles. The van der Waals surface area contributed by atoms with Crippen molar-refractivity contribution in [2.45, 2.75) is 13.5 Å². The fourth-order valence-corrected chi connectivity index (χ4v) is 0.645. The van der Waals surface area contributed by atoms with E-state index in [2.05, 4.69) is 36.4 Å². The summed E-state index contributed by atoms with van der Waals surface area (Å²) >= 11 is 2.83. The van der Waals surface area contributed by atoms with Crippen LogP contribution in [0.2, 0.25) is 0 Å². The quantitative estimate of drug-likeness (QED) is 0.418. The van der Waals surface area contributed by atoms with Gasteiger partial charge in [-0.2, -0.15) is 4.21 Å². The van der Waals surface area contributed by atoms with Gasteiger partial charge in [0.1, 0.15) is 6.54 Å². The maximum atomic E-state index is 8.63. The summed E-state index contributed by atoms with van der Waals surface area (Å²) in [6, 6.07) is 6.08. The maximum absolute atomic E-state index is 8.63. The van der Waals surface area contributed by atoms with Gasteiger partial charge in [0.15, 0.2) is 24.9 Å². The number of hydrogen-bond acceptors (Lipinski definition) is 5. The molecule has 0 amide bonds. The van der Waals surface area contributed by atoms with Crippen LogP contribution in [-0.2, 0) is 29.5 Å². The molecule has 15 heavy (non-hydrogen) atoms. The van der Waals surface area contributed by atoms with Crippen LogP contribution in [0, 0.1) is 0 Å². The van der Waals surface area contributed by atoms with Crippen LogP contribution < -0.4 is 4.57 Å². The first-order valence-electron chi connectivity index (χ1n) is 3.72. The van der Waals surface area contributed by atoms with Gasteiger partial charge in [0.25, 0.3) is 0 Å². The van der Waals surface area contributed by atoms with Gasteiger partial charge in [0.2, 0.25) is 10.4 Å². The van der Waals surface area contributed by atoms with E-state index in [4.69, 9.17) is 21.7 Å². The first kappa shape index (κ1) is 16.5. The van der Waals surface area contributed by atoms with E-state index in [1.165, 1.54) is 0 Å². The summed E-state index contributed by atoms with van der Waals surface area (Å²) < 4.78 is 42.8. The SMILES string of the molecule is CC[n+]1ccccc1.O=S.O=S(=O)([O-])O. The Labute approximate surface area is 93.7 Å². The Morgan fingerprint density at radius 1 is 1.27 bits per heavy atom. The van der Waals surface area contributed by atoms with Crippen molar-refractivity contribution in [3.05, 3.63) is 30.6 Å². The molecule has 0 aliphatic heterocycles. The largest absolute Gasteiger partial charge is 0.726 e. The van der Waals surface area contributed by atoms with Crippen molar-refractivity contribution >= 4 is 22.9 Å². The van der Waals surface area contributed by atoms with Gasteiger partial charge in [0, 0.05) is 12.1 Å². The van der Waals surface area contributed by atoms with E-state index < -0.39 is 10.4 Å². The minimum atomic E-state index is -4.92. The molecule has 1 aromatic rings. The Morgan fingerprint density at radius 2 is 1.60 bits per heavy atom. The molecule has 0 radical (unpaired) electrons. The molecular weight excluding hydrogens is 242 g/mol. The van der Waals surface area contributed by atoms with E-state index in [0.717, 1.165) is 6.54 Å². The molecule has 8 heteroatoms. The minimum Gasteiger partial charge on any atom is -0.726 e. The lowest BCUT2D eigenvalue weighted by atomic mass is 10.5. The summed E-state index contributed by atoms with van der Waals surface area (Å²) in [6.07, 6.45) is 4.11. The monoisotopic (exact) mass is 253 g/mol. The summed E-state index contributed by atoms with van der Waals surface area (Å²) in [4.78, 5) is 0.